The average molecular weight is 370 g/mol. The van der Waals surface area contributed by atoms with Crippen molar-refractivity contribution in [1.29, 1.82) is 5.26 Å². The van der Waals surface area contributed by atoms with E-state index in [4.69, 9.17) is 5.26 Å². The minimum absolute atomic E-state index is 0.682. The van der Waals surface area contributed by atoms with Gasteiger partial charge in [-0.25, -0.2) is 4.57 Å². The Morgan fingerprint density at radius 2 is 1.43 bits per heavy atom. The lowest BCUT2D eigenvalue weighted by Crippen LogP contribution is -2.32. The van der Waals surface area contributed by atoms with E-state index in [1.165, 1.54) is 49.7 Å². The van der Waals surface area contributed by atoms with Crippen LogP contribution in [0.25, 0.3) is 16.8 Å². The second-order valence-electron chi connectivity index (χ2n) is 7.77. The molecule has 0 saturated heterocycles. The molecule has 1 fully saturated rings. The summed E-state index contributed by atoms with van der Waals surface area (Å²) in [7, 11) is 0. The maximum atomic E-state index is 8.92. The van der Waals surface area contributed by atoms with Gasteiger partial charge >= 0.3 is 0 Å². The molecule has 4 rings (SSSR count). The highest BCUT2D eigenvalue weighted by Crippen LogP contribution is 2.28. The van der Waals surface area contributed by atoms with Gasteiger partial charge in [0, 0.05) is 42.8 Å². The van der Waals surface area contributed by atoms with E-state index in [9.17, 15) is 0 Å². The number of hydrogen-bond acceptors (Lipinski definition) is 1. The molecule has 3 heteroatoms. The molecule has 3 nitrogen and oxygen atoms in total. The molecule has 1 aliphatic rings. The van der Waals surface area contributed by atoms with Crippen LogP contribution in [0.15, 0.2) is 73.3 Å². The fraction of sp³-hybridized carbons (Fsp3) is 0.320. The van der Waals surface area contributed by atoms with Crippen molar-refractivity contribution in [1.82, 2.24) is 0 Å². The molecule has 1 aliphatic carbocycles. The van der Waals surface area contributed by atoms with Crippen LogP contribution >= 0.6 is 0 Å². The average Bonchev–Trinajstić information content (AvgIpc) is 3.28. The topological polar surface area (TPSA) is 31.5 Å². The molecular formula is C25H27N3+2. The second-order valence-corrected chi connectivity index (χ2v) is 7.77. The number of pyridine rings is 2. The third kappa shape index (κ3) is 4.46. The van der Waals surface area contributed by atoms with Gasteiger partial charge in [0.2, 0.25) is 5.69 Å². The van der Waals surface area contributed by atoms with Gasteiger partial charge in [-0.05, 0) is 35.6 Å². The summed E-state index contributed by atoms with van der Waals surface area (Å²) < 4.78 is 4.37. The van der Waals surface area contributed by atoms with Crippen molar-refractivity contribution < 1.29 is 9.13 Å². The van der Waals surface area contributed by atoms with E-state index >= 15 is 0 Å². The Labute approximate surface area is 167 Å². The molecule has 2 aromatic heterocycles. The summed E-state index contributed by atoms with van der Waals surface area (Å²) in [6.45, 7) is 1.12. The van der Waals surface area contributed by atoms with Crippen molar-refractivity contribution in [2.75, 3.05) is 0 Å². The third-order valence-corrected chi connectivity index (χ3v) is 5.85. The van der Waals surface area contributed by atoms with Crippen LogP contribution in [0, 0.1) is 17.2 Å². The van der Waals surface area contributed by atoms with Gasteiger partial charge in [-0.15, -0.1) is 0 Å². The Morgan fingerprint density at radius 1 is 0.821 bits per heavy atom. The normalized spacial score (nSPS) is 14.1. The fourth-order valence-corrected chi connectivity index (χ4v) is 4.16. The summed E-state index contributed by atoms with van der Waals surface area (Å²) in [5, 5.41) is 8.92. The zero-order valence-corrected chi connectivity index (χ0v) is 16.3. The molecule has 3 aromatic rings. The first kappa shape index (κ1) is 18.4. The van der Waals surface area contributed by atoms with E-state index < -0.39 is 0 Å². The van der Waals surface area contributed by atoms with Crippen molar-refractivity contribution in [3.8, 4) is 22.9 Å². The molecule has 0 atom stereocenters. The van der Waals surface area contributed by atoms with E-state index in [-0.39, 0.29) is 0 Å². The van der Waals surface area contributed by atoms with Crippen molar-refractivity contribution in [2.24, 2.45) is 5.92 Å². The molecule has 1 aromatic carbocycles. The van der Waals surface area contributed by atoms with E-state index in [0.717, 1.165) is 18.2 Å². The quantitative estimate of drug-likeness (QED) is 0.577. The molecule has 0 N–H and O–H groups in total. The minimum atomic E-state index is 0.682. The zero-order valence-electron chi connectivity index (χ0n) is 16.3. The summed E-state index contributed by atoms with van der Waals surface area (Å²) in [5.74, 6) is 0.979. The molecule has 0 amide bonds. The molecule has 0 aliphatic heterocycles. The van der Waals surface area contributed by atoms with Gasteiger partial charge in [0.25, 0.3) is 0 Å². The zero-order chi connectivity index (χ0) is 19.2. The SMILES string of the molecule is N#Cc1ccc(-[n+]2ccc(-c3cc[n+](CCCC4CCCC4)cc3)cc2)cc1. The smallest absolute Gasteiger partial charge is 0.205 e. The Hall–Kier alpha value is -2.99. The van der Waals surface area contributed by atoms with Gasteiger partial charge in [-0.2, -0.15) is 9.83 Å². The van der Waals surface area contributed by atoms with Gasteiger partial charge in [-0.3, -0.25) is 0 Å². The first-order chi connectivity index (χ1) is 13.8. The fourth-order valence-electron chi connectivity index (χ4n) is 4.16. The summed E-state index contributed by atoms with van der Waals surface area (Å²) in [5.41, 5.74) is 4.18. The number of aromatic nitrogens is 2. The Kier molecular flexibility index (Phi) is 5.77. The highest BCUT2D eigenvalue weighted by Gasteiger charge is 2.15. The summed E-state index contributed by atoms with van der Waals surface area (Å²) in [6.07, 6.45) is 17.0. The van der Waals surface area contributed by atoms with Crippen LogP contribution in [0.5, 0.6) is 0 Å². The highest BCUT2D eigenvalue weighted by atomic mass is 14.9. The molecule has 28 heavy (non-hydrogen) atoms. The lowest BCUT2D eigenvalue weighted by atomic mass is 10.0. The van der Waals surface area contributed by atoms with Gasteiger partial charge < -0.3 is 0 Å². The van der Waals surface area contributed by atoms with Gasteiger partial charge in [-0.1, -0.05) is 25.7 Å². The minimum Gasteiger partial charge on any atom is -0.205 e. The molecule has 0 bridgehead atoms. The Balaban J connectivity index is 1.37. The van der Waals surface area contributed by atoms with Crippen molar-refractivity contribution in [3.05, 3.63) is 78.9 Å². The van der Waals surface area contributed by atoms with Crippen LogP contribution in [0.1, 0.15) is 44.1 Å². The summed E-state index contributed by atoms with van der Waals surface area (Å²) >= 11 is 0. The van der Waals surface area contributed by atoms with E-state index in [0.29, 0.717) is 5.56 Å². The third-order valence-electron chi connectivity index (χ3n) is 5.85. The first-order valence-electron chi connectivity index (χ1n) is 10.3. The van der Waals surface area contributed by atoms with Crippen LogP contribution in [0.4, 0.5) is 0 Å². The first-order valence-corrected chi connectivity index (χ1v) is 10.3. The number of benzene rings is 1. The maximum Gasteiger partial charge on any atom is 0.210 e. The van der Waals surface area contributed by atoms with Crippen LogP contribution in [0.3, 0.4) is 0 Å². The number of rotatable bonds is 6. The van der Waals surface area contributed by atoms with Crippen LogP contribution in [0.2, 0.25) is 0 Å². The van der Waals surface area contributed by atoms with Gasteiger partial charge in [0.15, 0.2) is 24.8 Å². The van der Waals surface area contributed by atoms with Crippen LogP contribution < -0.4 is 9.13 Å². The molecule has 140 valence electrons. The van der Waals surface area contributed by atoms with Crippen LogP contribution in [-0.2, 0) is 6.54 Å². The number of hydrogen-bond donors (Lipinski definition) is 0. The Bertz CT molecular complexity index is 929. The molecule has 2 heterocycles. The van der Waals surface area contributed by atoms with Gasteiger partial charge in [0.05, 0.1) is 11.6 Å². The highest BCUT2D eigenvalue weighted by molar-refractivity contribution is 5.61. The predicted octanol–water partition coefficient (Wildman–Crippen LogP) is 4.76. The Morgan fingerprint density at radius 3 is 2.04 bits per heavy atom. The lowest BCUT2D eigenvalue weighted by Gasteiger charge is -2.06. The lowest BCUT2D eigenvalue weighted by molar-refractivity contribution is -0.697. The van der Waals surface area contributed by atoms with E-state index in [1.807, 2.05) is 24.3 Å². The van der Waals surface area contributed by atoms with E-state index in [1.54, 1.807) is 0 Å². The number of aryl methyl sites for hydroxylation is 1. The molecule has 1 saturated carbocycles. The monoisotopic (exact) mass is 369 g/mol. The molecule has 0 unspecified atom stereocenters. The van der Waals surface area contributed by atoms with Crippen LogP contribution in [-0.4, -0.2) is 0 Å². The van der Waals surface area contributed by atoms with Crippen molar-refractivity contribution >= 4 is 0 Å². The number of nitrogens with zero attached hydrogens (tertiary/aromatic N) is 3. The van der Waals surface area contributed by atoms with Gasteiger partial charge in [0.1, 0.15) is 6.54 Å². The predicted molar refractivity (Wildman–Crippen MR) is 110 cm³/mol. The van der Waals surface area contributed by atoms with E-state index in [2.05, 4.69) is 64.3 Å². The van der Waals surface area contributed by atoms with Crippen molar-refractivity contribution in [2.45, 2.75) is 45.1 Å². The summed E-state index contributed by atoms with van der Waals surface area (Å²) in [6, 6.07) is 18.5. The standard InChI is InChI=1S/C25H27N3/c26-20-22-7-9-25(10-8-22)28-18-13-24(14-19-28)23-11-16-27(17-12-23)15-3-6-21-4-1-2-5-21/h7-14,16-19,21H,1-6,15H2/q+2. The summed E-state index contributed by atoms with van der Waals surface area (Å²) in [4.78, 5) is 0. The molecular weight excluding hydrogens is 342 g/mol. The second kappa shape index (κ2) is 8.80. The maximum absolute atomic E-state index is 8.92. The number of nitriles is 1. The molecule has 0 spiro atoms. The van der Waals surface area contributed by atoms with Crippen molar-refractivity contribution in [3.63, 3.8) is 0 Å². The largest absolute Gasteiger partial charge is 0.210 e. The molecule has 0 radical (unpaired) electrons.